The van der Waals surface area contributed by atoms with Crippen molar-refractivity contribution in [2.75, 3.05) is 20.3 Å². The predicted molar refractivity (Wildman–Crippen MR) is 163 cm³/mol. The lowest BCUT2D eigenvalue weighted by Crippen LogP contribution is -2.16. The van der Waals surface area contributed by atoms with E-state index < -0.39 is 0 Å². The van der Waals surface area contributed by atoms with Gasteiger partial charge in [-0.15, -0.1) is 4.91 Å². The molecule has 1 N–H and O–H groups in total. The largest absolute Gasteiger partial charge is 0.496 e. The summed E-state index contributed by atoms with van der Waals surface area (Å²) in [6.45, 7) is 1.34. The zero-order valence-electron chi connectivity index (χ0n) is 22.7. The number of nitroso groups, excluding NO2 is 1. The molecule has 1 fully saturated rings. The zero-order valence-corrected chi connectivity index (χ0v) is 22.7. The van der Waals surface area contributed by atoms with Gasteiger partial charge in [0.25, 0.3) is 0 Å². The van der Waals surface area contributed by atoms with E-state index in [4.69, 9.17) is 19.3 Å². The molecule has 3 heterocycles. The minimum Gasteiger partial charge on any atom is -0.496 e. The van der Waals surface area contributed by atoms with Crippen LogP contribution in [0.4, 0.5) is 5.69 Å². The first-order valence-corrected chi connectivity index (χ1v) is 13.6. The molecule has 0 saturated carbocycles. The van der Waals surface area contributed by atoms with Crippen molar-refractivity contribution in [1.82, 2.24) is 14.8 Å². The summed E-state index contributed by atoms with van der Waals surface area (Å²) in [6.07, 6.45) is 12.2. The summed E-state index contributed by atoms with van der Waals surface area (Å²) in [5.41, 5.74) is 5.89. The van der Waals surface area contributed by atoms with E-state index in [1.54, 1.807) is 19.2 Å². The maximum atomic E-state index is 10.9. The van der Waals surface area contributed by atoms with Crippen molar-refractivity contribution in [3.05, 3.63) is 106 Å². The molecule has 8 nitrogen and oxygen atoms in total. The third-order valence-electron chi connectivity index (χ3n) is 7.08. The third-order valence-corrected chi connectivity index (χ3v) is 7.08. The highest BCUT2D eigenvalue weighted by Gasteiger charge is 2.16. The van der Waals surface area contributed by atoms with Crippen LogP contribution in [0.5, 0.6) is 11.5 Å². The molecule has 0 aliphatic carbocycles. The minimum absolute atomic E-state index is 0.154. The predicted octanol–water partition coefficient (Wildman–Crippen LogP) is 7.66. The van der Waals surface area contributed by atoms with Crippen LogP contribution >= 0.6 is 0 Å². The van der Waals surface area contributed by atoms with Gasteiger partial charge in [0, 0.05) is 30.0 Å². The van der Waals surface area contributed by atoms with E-state index in [9.17, 15) is 4.91 Å². The topological polar surface area (TPSA) is 90.7 Å². The number of hydrogen-bond acceptors (Lipinski definition) is 6. The Kier molecular flexibility index (Phi) is 7.73. The molecule has 0 amide bonds. The molecule has 1 aliphatic heterocycles. The van der Waals surface area contributed by atoms with Gasteiger partial charge in [0.15, 0.2) is 0 Å². The molecule has 1 aliphatic rings. The van der Waals surface area contributed by atoms with Gasteiger partial charge in [-0.2, -0.15) is 5.10 Å². The highest BCUT2D eigenvalue weighted by molar-refractivity contribution is 5.83. The number of methoxy groups -OCH3 is 1. The normalized spacial score (nSPS) is 15.3. The Balaban J connectivity index is 1.26. The first-order chi connectivity index (χ1) is 20.2. The van der Waals surface area contributed by atoms with Gasteiger partial charge in [-0.1, -0.05) is 18.2 Å². The molecule has 0 spiro atoms. The number of aromatic nitrogens is 3. The SMILES string of the molecule is COc1cc(OCC2CCCO2)ccc1/C=C/c1cc(/C=C/c2ccc3cc[nH]c3c2)n(-c2ccc(N=O)cc2)n1. The van der Waals surface area contributed by atoms with Crippen molar-refractivity contribution >= 4 is 40.9 Å². The lowest BCUT2D eigenvalue weighted by Gasteiger charge is -2.13. The molecule has 0 radical (unpaired) electrons. The second-order valence-corrected chi connectivity index (χ2v) is 9.85. The van der Waals surface area contributed by atoms with E-state index in [0.717, 1.165) is 58.9 Å². The monoisotopic (exact) mass is 546 g/mol. The molecule has 0 bridgehead atoms. The summed E-state index contributed by atoms with van der Waals surface area (Å²) in [7, 11) is 1.65. The third kappa shape index (κ3) is 6.13. The van der Waals surface area contributed by atoms with Crippen molar-refractivity contribution < 1.29 is 14.2 Å². The number of H-pyrrole nitrogens is 1. The van der Waals surface area contributed by atoms with Crippen molar-refractivity contribution in [2.24, 2.45) is 5.18 Å². The fraction of sp³-hybridized carbons (Fsp3) is 0.182. The van der Waals surface area contributed by atoms with Gasteiger partial charge in [0.1, 0.15) is 23.8 Å². The number of nitrogens with zero attached hydrogens (tertiary/aromatic N) is 3. The molecular formula is C33H30N4O4. The molecule has 41 heavy (non-hydrogen) atoms. The Bertz CT molecular complexity index is 1710. The molecule has 3 aromatic carbocycles. The molecule has 1 saturated heterocycles. The van der Waals surface area contributed by atoms with Crippen LogP contribution in [0.2, 0.25) is 0 Å². The van der Waals surface area contributed by atoms with Crippen LogP contribution in [0.1, 0.15) is 35.4 Å². The fourth-order valence-electron chi connectivity index (χ4n) is 4.89. The summed E-state index contributed by atoms with van der Waals surface area (Å²) in [6, 6.07) is 23.2. The van der Waals surface area contributed by atoms with Crippen LogP contribution in [0, 0.1) is 4.91 Å². The smallest absolute Gasteiger partial charge is 0.129 e. The molecule has 8 heteroatoms. The molecular weight excluding hydrogens is 516 g/mol. The van der Waals surface area contributed by atoms with Crippen LogP contribution in [-0.4, -0.2) is 41.2 Å². The molecule has 6 rings (SSSR count). The van der Waals surface area contributed by atoms with Crippen LogP contribution < -0.4 is 9.47 Å². The van der Waals surface area contributed by atoms with Crippen LogP contribution in [0.3, 0.4) is 0 Å². The number of rotatable bonds is 10. The fourth-order valence-corrected chi connectivity index (χ4v) is 4.89. The van der Waals surface area contributed by atoms with Crippen molar-refractivity contribution in [2.45, 2.75) is 18.9 Å². The second kappa shape index (κ2) is 12.1. The van der Waals surface area contributed by atoms with Crippen molar-refractivity contribution in [1.29, 1.82) is 0 Å². The molecule has 1 atom stereocenters. The van der Waals surface area contributed by atoms with Gasteiger partial charge in [-0.05, 0) is 102 Å². The van der Waals surface area contributed by atoms with Gasteiger partial charge < -0.3 is 19.2 Å². The van der Waals surface area contributed by atoms with Crippen molar-refractivity contribution in [3.8, 4) is 17.2 Å². The van der Waals surface area contributed by atoms with Gasteiger partial charge in [0.05, 0.1) is 30.3 Å². The number of ether oxygens (including phenoxy) is 3. The number of hydrogen-bond donors (Lipinski definition) is 1. The number of aromatic amines is 1. The summed E-state index contributed by atoms with van der Waals surface area (Å²) in [5.74, 6) is 1.46. The summed E-state index contributed by atoms with van der Waals surface area (Å²) in [5, 5.41) is 9.02. The highest BCUT2D eigenvalue weighted by atomic mass is 16.5. The summed E-state index contributed by atoms with van der Waals surface area (Å²) >= 11 is 0. The first kappa shape index (κ1) is 26.3. The summed E-state index contributed by atoms with van der Waals surface area (Å²) < 4.78 is 19.1. The van der Waals surface area contributed by atoms with E-state index in [0.29, 0.717) is 18.0 Å². The van der Waals surface area contributed by atoms with E-state index in [-0.39, 0.29) is 6.10 Å². The highest BCUT2D eigenvalue weighted by Crippen LogP contribution is 2.28. The van der Waals surface area contributed by atoms with E-state index in [2.05, 4.69) is 40.5 Å². The Morgan fingerprint density at radius 1 is 1.02 bits per heavy atom. The maximum Gasteiger partial charge on any atom is 0.129 e. The van der Waals surface area contributed by atoms with Gasteiger partial charge in [0.2, 0.25) is 0 Å². The number of nitrogens with one attached hydrogen (secondary N) is 1. The van der Waals surface area contributed by atoms with E-state index in [1.807, 2.05) is 65.5 Å². The van der Waals surface area contributed by atoms with Gasteiger partial charge >= 0.3 is 0 Å². The molecule has 1 unspecified atom stereocenters. The number of fused-ring (bicyclic) bond motifs is 1. The second-order valence-electron chi connectivity index (χ2n) is 9.85. The average molecular weight is 547 g/mol. The van der Waals surface area contributed by atoms with Crippen molar-refractivity contribution in [3.63, 3.8) is 0 Å². The van der Waals surface area contributed by atoms with E-state index in [1.165, 1.54) is 5.39 Å². The maximum absolute atomic E-state index is 10.9. The Labute approximate surface area is 237 Å². The Hall–Kier alpha value is -4.95. The minimum atomic E-state index is 0.154. The van der Waals surface area contributed by atoms with E-state index >= 15 is 0 Å². The van der Waals surface area contributed by atoms with Crippen LogP contribution in [0.25, 0.3) is 40.9 Å². The number of benzene rings is 3. The Morgan fingerprint density at radius 2 is 1.93 bits per heavy atom. The zero-order chi connectivity index (χ0) is 28.0. The lowest BCUT2D eigenvalue weighted by molar-refractivity contribution is 0.0679. The Morgan fingerprint density at radius 3 is 2.73 bits per heavy atom. The van der Waals surface area contributed by atoms with Gasteiger partial charge in [-0.25, -0.2) is 4.68 Å². The van der Waals surface area contributed by atoms with Crippen LogP contribution in [0.15, 0.2) is 84.2 Å². The molecule has 2 aromatic heterocycles. The molecule has 206 valence electrons. The molecule has 5 aromatic rings. The summed E-state index contributed by atoms with van der Waals surface area (Å²) in [4.78, 5) is 14.2. The standard InChI is InChI=1S/C33H30N4O4/c1-39-33-21-30(41-22-31-3-2-18-40-31)15-8-25(33)7-9-27-20-29(37(35-27)28-13-10-26(36-38)11-14-28)12-5-23-4-6-24-16-17-34-32(24)19-23/h4-17,19-21,31,34H,2-3,18,22H2,1H3/b9-7+,12-5+. The first-order valence-electron chi connectivity index (χ1n) is 13.6. The average Bonchev–Trinajstić information content (AvgIpc) is 3.79. The van der Waals surface area contributed by atoms with Gasteiger partial charge in [-0.3, -0.25) is 0 Å². The van der Waals surface area contributed by atoms with Crippen LogP contribution in [-0.2, 0) is 4.74 Å². The quantitative estimate of drug-likeness (QED) is 0.182. The lowest BCUT2D eigenvalue weighted by atomic mass is 10.1.